The van der Waals surface area contributed by atoms with Crippen LogP contribution in [0.4, 0.5) is 4.39 Å². The van der Waals surface area contributed by atoms with Gasteiger partial charge in [-0.25, -0.2) is 4.39 Å². The number of halogens is 1. The minimum atomic E-state index is -0.526. The van der Waals surface area contributed by atoms with Gasteiger partial charge < -0.3 is 10.7 Å². The van der Waals surface area contributed by atoms with Gasteiger partial charge in [0, 0.05) is 17.1 Å². The number of aromatic nitrogens is 1. The average Bonchev–Trinajstić information content (AvgIpc) is 2.60. The van der Waals surface area contributed by atoms with Crippen LogP contribution in [0.25, 0.3) is 10.9 Å². The lowest BCUT2D eigenvalue weighted by Gasteiger charge is -2.03. The molecule has 2 nitrogen and oxygen atoms in total. The molecule has 1 aromatic heterocycles. The van der Waals surface area contributed by atoms with E-state index in [1.807, 2.05) is 24.3 Å². The Morgan fingerprint density at radius 1 is 1.38 bits per heavy atom. The van der Waals surface area contributed by atoms with Gasteiger partial charge >= 0.3 is 0 Å². The number of nitrogens with two attached hydrogens (primary N) is 1. The highest BCUT2D eigenvalue weighted by atomic mass is 19.1. The zero-order chi connectivity index (χ0) is 9.26. The van der Waals surface area contributed by atoms with E-state index in [-0.39, 0.29) is 0 Å². The maximum Gasteiger partial charge on any atom is 0.109 e. The van der Waals surface area contributed by atoms with Gasteiger partial charge in [0.2, 0.25) is 0 Å². The van der Waals surface area contributed by atoms with E-state index < -0.39 is 12.7 Å². The molecule has 0 saturated carbocycles. The van der Waals surface area contributed by atoms with E-state index in [0.29, 0.717) is 0 Å². The highest BCUT2D eigenvalue weighted by Crippen LogP contribution is 2.22. The molecule has 3 N–H and O–H groups in total. The highest BCUT2D eigenvalue weighted by Gasteiger charge is 2.10. The molecule has 2 rings (SSSR count). The second-order valence-electron chi connectivity index (χ2n) is 3.05. The zero-order valence-electron chi connectivity index (χ0n) is 7.13. The SMILES string of the molecule is N[C@@H](CF)c1c[nH]c2ccccc12. The first kappa shape index (κ1) is 8.26. The lowest BCUT2D eigenvalue weighted by molar-refractivity contribution is 0.438. The number of H-pyrrole nitrogens is 1. The molecule has 3 heteroatoms. The highest BCUT2D eigenvalue weighted by molar-refractivity contribution is 5.83. The fourth-order valence-electron chi connectivity index (χ4n) is 1.48. The largest absolute Gasteiger partial charge is 0.361 e. The van der Waals surface area contributed by atoms with Crippen LogP contribution >= 0.6 is 0 Å². The van der Waals surface area contributed by atoms with Crippen LogP contribution in [0.5, 0.6) is 0 Å². The lowest BCUT2D eigenvalue weighted by Crippen LogP contribution is -2.11. The molecule has 0 amide bonds. The predicted molar refractivity (Wildman–Crippen MR) is 51.2 cm³/mol. The number of rotatable bonds is 2. The van der Waals surface area contributed by atoms with Gasteiger partial charge in [0.05, 0.1) is 6.04 Å². The van der Waals surface area contributed by atoms with Crippen molar-refractivity contribution in [1.82, 2.24) is 4.98 Å². The first-order valence-corrected chi connectivity index (χ1v) is 4.20. The van der Waals surface area contributed by atoms with Crippen LogP contribution in [0.3, 0.4) is 0 Å². The molecule has 0 bridgehead atoms. The quantitative estimate of drug-likeness (QED) is 0.726. The Kier molecular flexibility index (Phi) is 2.02. The molecule has 68 valence electrons. The van der Waals surface area contributed by atoms with E-state index in [4.69, 9.17) is 5.73 Å². The van der Waals surface area contributed by atoms with Crippen LogP contribution in [0.2, 0.25) is 0 Å². The summed E-state index contributed by atoms with van der Waals surface area (Å²) in [5.74, 6) is 0. The molecular formula is C10H11FN2. The Labute approximate surface area is 75.6 Å². The molecule has 0 spiro atoms. The number of nitrogens with one attached hydrogen (secondary N) is 1. The van der Waals surface area contributed by atoms with E-state index in [1.54, 1.807) is 6.20 Å². The summed E-state index contributed by atoms with van der Waals surface area (Å²) in [6.45, 7) is -0.526. The Morgan fingerprint density at radius 3 is 2.92 bits per heavy atom. The third-order valence-electron chi connectivity index (χ3n) is 2.19. The van der Waals surface area contributed by atoms with Crippen molar-refractivity contribution >= 4 is 10.9 Å². The summed E-state index contributed by atoms with van der Waals surface area (Å²) >= 11 is 0. The molecule has 0 unspecified atom stereocenters. The van der Waals surface area contributed by atoms with Gasteiger partial charge in [-0.2, -0.15) is 0 Å². The first-order valence-electron chi connectivity index (χ1n) is 4.20. The topological polar surface area (TPSA) is 41.8 Å². The summed E-state index contributed by atoms with van der Waals surface area (Å²) in [4.78, 5) is 3.06. The van der Waals surface area contributed by atoms with Crippen LogP contribution in [0.15, 0.2) is 30.5 Å². The Morgan fingerprint density at radius 2 is 2.15 bits per heavy atom. The maximum absolute atomic E-state index is 12.3. The summed E-state index contributed by atoms with van der Waals surface area (Å²) in [5, 5.41) is 1.01. The molecule has 0 aliphatic carbocycles. The molecule has 1 aromatic carbocycles. The van der Waals surface area contributed by atoms with Crippen molar-refractivity contribution in [2.75, 3.05) is 6.67 Å². The van der Waals surface area contributed by atoms with Crippen LogP contribution in [-0.4, -0.2) is 11.7 Å². The average molecular weight is 178 g/mol. The summed E-state index contributed by atoms with van der Waals surface area (Å²) in [5.41, 5.74) is 7.46. The van der Waals surface area contributed by atoms with Gasteiger partial charge in [-0.15, -0.1) is 0 Å². The predicted octanol–water partition coefficient (Wildman–Crippen LogP) is 2.14. The third-order valence-corrected chi connectivity index (χ3v) is 2.19. The van der Waals surface area contributed by atoms with Gasteiger partial charge in [0.1, 0.15) is 6.67 Å². The number of para-hydroxylation sites is 1. The van der Waals surface area contributed by atoms with Crippen molar-refractivity contribution in [3.63, 3.8) is 0 Å². The van der Waals surface area contributed by atoms with Crippen molar-refractivity contribution in [2.24, 2.45) is 5.73 Å². The van der Waals surface area contributed by atoms with Crippen LogP contribution in [0.1, 0.15) is 11.6 Å². The van der Waals surface area contributed by atoms with Crippen LogP contribution in [0, 0.1) is 0 Å². The fraction of sp³-hybridized carbons (Fsp3) is 0.200. The van der Waals surface area contributed by atoms with Crippen molar-refractivity contribution in [1.29, 1.82) is 0 Å². The number of alkyl halides is 1. The van der Waals surface area contributed by atoms with Crippen molar-refractivity contribution < 1.29 is 4.39 Å². The third kappa shape index (κ3) is 1.31. The molecular weight excluding hydrogens is 167 g/mol. The number of aromatic amines is 1. The van der Waals surface area contributed by atoms with Crippen molar-refractivity contribution in [3.05, 3.63) is 36.0 Å². The standard InChI is InChI=1S/C10H11FN2/c11-5-9(12)8-6-13-10-4-2-1-3-7(8)10/h1-4,6,9,13H,5,12H2/t9-/m0/s1. The van der Waals surface area contributed by atoms with E-state index in [9.17, 15) is 4.39 Å². The zero-order valence-corrected chi connectivity index (χ0v) is 7.13. The molecule has 1 heterocycles. The number of hydrogen-bond acceptors (Lipinski definition) is 1. The monoisotopic (exact) mass is 178 g/mol. The Balaban J connectivity index is 2.57. The van der Waals surface area contributed by atoms with Gasteiger partial charge in [-0.3, -0.25) is 0 Å². The van der Waals surface area contributed by atoms with Crippen molar-refractivity contribution in [3.8, 4) is 0 Å². The van der Waals surface area contributed by atoms with Crippen LogP contribution < -0.4 is 5.73 Å². The summed E-state index contributed by atoms with van der Waals surface area (Å²) in [6.07, 6.45) is 1.77. The van der Waals surface area contributed by atoms with Gasteiger partial charge in [-0.1, -0.05) is 18.2 Å². The summed E-state index contributed by atoms with van der Waals surface area (Å²) < 4.78 is 12.3. The summed E-state index contributed by atoms with van der Waals surface area (Å²) in [7, 11) is 0. The van der Waals surface area contributed by atoms with E-state index in [0.717, 1.165) is 16.5 Å². The van der Waals surface area contributed by atoms with Gasteiger partial charge in [-0.05, 0) is 11.6 Å². The lowest BCUT2D eigenvalue weighted by atomic mass is 10.1. The maximum atomic E-state index is 12.3. The summed E-state index contributed by atoms with van der Waals surface area (Å²) in [6, 6.07) is 7.23. The molecule has 0 aliphatic rings. The van der Waals surface area contributed by atoms with Gasteiger partial charge in [0.25, 0.3) is 0 Å². The molecule has 1 atom stereocenters. The van der Waals surface area contributed by atoms with E-state index in [1.165, 1.54) is 0 Å². The molecule has 0 saturated heterocycles. The molecule has 2 aromatic rings. The van der Waals surface area contributed by atoms with E-state index >= 15 is 0 Å². The van der Waals surface area contributed by atoms with Crippen molar-refractivity contribution in [2.45, 2.75) is 6.04 Å². The van der Waals surface area contributed by atoms with Crippen LogP contribution in [-0.2, 0) is 0 Å². The minimum Gasteiger partial charge on any atom is -0.361 e. The smallest absolute Gasteiger partial charge is 0.109 e. The number of fused-ring (bicyclic) bond motifs is 1. The Bertz CT molecular complexity index is 408. The van der Waals surface area contributed by atoms with E-state index in [2.05, 4.69) is 4.98 Å². The normalized spacial score (nSPS) is 13.4. The number of benzene rings is 1. The first-order chi connectivity index (χ1) is 6.33. The van der Waals surface area contributed by atoms with Gasteiger partial charge in [0.15, 0.2) is 0 Å². The molecule has 0 radical (unpaired) electrons. The molecule has 0 fully saturated rings. The molecule has 0 aliphatic heterocycles. The number of hydrogen-bond donors (Lipinski definition) is 2. The fourth-order valence-corrected chi connectivity index (χ4v) is 1.48. The molecule has 13 heavy (non-hydrogen) atoms. The second-order valence-corrected chi connectivity index (χ2v) is 3.05. The minimum absolute atomic E-state index is 0.517. The Hall–Kier alpha value is -1.35. The second kappa shape index (κ2) is 3.18.